The number of fused-ring (bicyclic) bond motifs is 5. The van der Waals surface area contributed by atoms with Gasteiger partial charge in [0.25, 0.3) is 0 Å². The fraction of sp³-hybridized carbons (Fsp3) is 0.966. The summed E-state index contributed by atoms with van der Waals surface area (Å²) in [6.07, 6.45) is 10.9. The zero-order valence-electron chi connectivity index (χ0n) is 23.1. The van der Waals surface area contributed by atoms with Crippen LogP contribution in [0.5, 0.6) is 0 Å². The minimum atomic E-state index is -0.455. The van der Waals surface area contributed by atoms with Gasteiger partial charge in [0.05, 0.1) is 12.7 Å². The van der Waals surface area contributed by atoms with Gasteiger partial charge in [0.2, 0.25) is 0 Å². The minimum Gasteiger partial charge on any atom is -0.449 e. The van der Waals surface area contributed by atoms with Crippen LogP contribution in [0, 0.1) is 51.2 Å². The maximum absolute atomic E-state index is 13.0. The molecular formula is C29H50N2O4. The number of aliphatic hydroxyl groups excluding tert-OH is 1. The van der Waals surface area contributed by atoms with Crippen LogP contribution in [-0.4, -0.2) is 48.4 Å². The SMILES string of the molecule is CC[C@H]1C[C@@H]2[C@H](CC[C@]3(C)[C@@H]([C@H](C)CCCOC(=O)N(C)C)CC[C@@]23N=O)[C@@]2(C)CC[C@@H](O)C[C@@H]12. The van der Waals surface area contributed by atoms with E-state index in [1.807, 2.05) is 0 Å². The molecule has 4 fully saturated rings. The Morgan fingerprint density at radius 1 is 1.09 bits per heavy atom. The number of carbonyl (C=O) groups excluding carboxylic acids is 1. The maximum atomic E-state index is 13.0. The maximum Gasteiger partial charge on any atom is 0.409 e. The average Bonchev–Trinajstić information content (AvgIpc) is 3.14. The molecule has 0 saturated heterocycles. The summed E-state index contributed by atoms with van der Waals surface area (Å²) in [5.41, 5.74) is -0.281. The lowest BCUT2D eigenvalue weighted by Gasteiger charge is -2.65. The molecule has 200 valence electrons. The third-order valence-electron chi connectivity index (χ3n) is 11.8. The fourth-order valence-electron chi connectivity index (χ4n) is 9.95. The summed E-state index contributed by atoms with van der Waals surface area (Å²) in [5, 5.41) is 14.7. The van der Waals surface area contributed by atoms with Crippen molar-refractivity contribution >= 4 is 6.09 Å². The Balaban J connectivity index is 1.52. The highest BCUT2D eigenvalue weighted by atomic mass is 16.6. The van der Waals surface area contributed by atoms with E-state index in [9.17, 15) is 14.8 Å². The van der Waals surface area contributed by atoms with Crippen molar-refractivity contribution in [3.8, 4) is 0 Å². The second-order valence-corrected chi connectivity index (χ2v) is 13.4. The molecule has 0 aromatic rings. The second kappa shape index (κ2) is 9.95. The van der Waals surface area contributed by atoms with Crippen molar-refractivity contribution in [3.63, 3.8) is 0 Å². The lowest BCUT2D eigenvalue weighted by molar-refractivity contribution is -0.160. The molecule has 10 atom stereocenters. The minimum absolute atomic E-state index is 0.0503. The zero-order chi connectivity index (χ0) is 25.6. The van der Waals surface area contributed by atoms with E-state index in [0.717, 1.165) is 64.2 Å². The van der Waals surface area contributed by atoms with Crippen LogP contribution < -0.4 is 0 Å². The number of nitrogens with zero attached hydrogens (tertiary/aromatic N) is 2. The highest BCUT2D eigenvalue weighted by Crippen LogP contribution is 2.72. The molecule has 0 aromatic heterocycles. The summed E-state index contributed by atoms with van der Waals surface area (Å²) in [7, 11) is 3.41. The van der Waals surface area contributed by atoms with Crippen LogP contribution in [0.15, 0.2) is 5.18 Å². The first-order chi connectivity index (χ1) is 16.5. The number of carbonyl (C=O) groups is 1. The number of rotatable bonds is 7. The standard InChI is InChI=1S/C29H50N2O4/c1-7-20-17-25-23(27(3)13-10-21(32)18-24(20)27)11-14-28(4)22(12-15-29(25,28)30-34)19(2)9-8-16-35-26(33)31(5)6/h19-25,32H,7-18H2,1-6H3/t19-,20+,21-,22-,23+,24+,25-,27-,28-,29-/m1/s1. The first kappa shape index (κ1) is 26.9. The van der Waals surface area contributed by atoms with Gasteiger partial charge < -0.3 is 14.7 Å². The molecule has 0 unspecified atom stereocenters. The number of nitroso groups, excluding NO2 is 1. The van der Waals surface area contributed by atoms with Crippen molar-refractivity contribution in [2.75, 3.05) is 20.7 Å². The predicted molar refractivity (Wildman–Crippen MR) is 139 cm³/mol. The lowest BCUT2D eigenvalue weighted by atomic mass is 9.40. The van der Waals surface area contributed by atoms with Crippen molar-refractivity contribution in [1.82, 2.24) is 4.90 Å². The third-order valence-corrected chi connectivity index (χ3v) is 11.8. The van der Waals surface area contributed by atoms with Gasteiger partial charge in [0, 0.05) is 14.1 Å². The van der Waals surface area contributed by atoms with Crippen molar-refractivity contribution in [3.05, 3.63) is 4.91 Å². The Kier molecular flexibility index (Phi) is 7.64. The van der Waals surface area contributed by atoms with E-state index in [2.05, 4.69) is 32.9 Å². The molecule has 0 heterocycles. The Morgan fingerprint density at radius 2 is 1.83 bits per heavy atom. The lowest BCUT2D eigenvalue weighted by Crippen LogP contribution is -2.63. The van der Waals surface area contributed by atoms with Gasteiger partial charge in [0.1, 0.15) is 5.54 Å². The molecule has 1 amide bonds. The van der Waals surface area contributed by atoms with Crippen LogP contribution in [0.25, 0.3) is 0 Å². The van der Waals surface area contributed by atoms with Crippen LogP contribution in [0.4, 0.5) is 4.79 Å². The van der Waals surface area contributed by atoms with Gasteiger partial charge in [0.15, 0.2) is 0 Å². The molecular weight excluding hydrogens is 440 g/mol. The van der Waals surface area contributed by atoms with Gasteiger partial charge in [-0.05, 0) is 111 Å². The van der Waals surface area contributed by atoms with Crippen LogP contribution in [0.3, 0.4) is 0 Å². The molecule has 35 heavy (non-hydrogen) atoms. The number of aliphatic hydroxyl groups is 1. The first-order valence-corrected chi connectivity index (χ1v) is 14.4. The molecule has 6 heteroatoms. The molecule has 0 radical (unpaired) electrons. The van der Waals surface area contributed by atoms with Gasteiger partial charge in [-0.2, -0.15) is 4.91 Å². The number of hydrogen-bond donors (Lipinski definition) is 1. The molecule has 4 saturated carbocycles. The molecule has 0 spiro atoms. The summed E-state index contributed by atoms with van der Waals surface area (Å²) < 4.78 is 5.35. The van der Waals surface area contributed by atoms with E-state index in [0.29, 0.717) is 42.1 Å². The van der Waals surface area contributed by atoms with Crippen molar-refractivity contribution in [2.45, 2.75) is 110 Å². The molecule has 4 rings (SSSR count). The van der Waals surface area contributed by atoms with Crippen LogP contribution >= 0.6 is 0 Å². The highest BCUT2D eigenvalue weighted by Gasteiger charge is 2.70. The Hall–Kier alpha value is -1.17. The summed E-state index contributed by atoms with van der Waals surface area (Å²) in [6.45, 7) is 9.99. The van der Waals surface area contributed by atoms with Crippen LogP contribution in [0.1, 0.15) is 98.3 Å². The molecule has 4 aliphatic carbocycles. The topological polar surface area (TPSA) is 79.2 Å². The van der Waals surface area contributed by atoms with E-state index in [-0.39, 0.29) is 23.0 Å². The molecule has 0 aliphatic heterocycles. The smallest absolute Gasteiger partial charge is 0.409 e. The van der Waals surface area contributed by atoms with Crippen molar-refractivity contribution < 1.29 is 14.6 Å². The molecule has 4 aliphatic rings. The Morgan fingerprint density at radius 3 is 2.49 bits per heavy atom. The average molecular weight is 491 g/mol. The third kappa shape index (κ3) is 4.24. The summed E-state index contributed by atoms with van der Waals surface area (Å²) >= 11 is 0. The quantitative estimate of drug-likeness (QED) is 0.320. The van der Waals surface area contributed by atoms with Crippen molar-refractivity contribution in [1.29, 1.82) is 0 Å². The molecule has 0 bridgehead atoms. The zero-order valence-corrected chi connectivity index (χ0v) is 23.1. The van der Waals surface area contributed by atoms with Crippen LogP contribution in [-0.2, 0) is 4.74 Å². The van der Waals surface area contributed by atoms with E-state index < -0.39 is 5.54 Å². The fourth-order valence-corrected chi connectivity index (χ4v) is 9.95. The van der Waals surface area contributed by atoms with Crippen LogP contribution in [0.2, 0.25) is 0 Å². The Bertz CT molecular complexity index is 789. The molecule has 1 N–H and O–H groups in total. The van der Waals surface area contributed by atoms with E-state index >= 15 is 0 Å². The monoisotopic (exact) mass is 490 g/mol. The van der Waals surface area contributed by atoms with E-state index in [4.69, 9.17) is 4.74 Å². The number of amides is 1. The normalized spacial score (nSPS) is 45.6. The van der Waals surface area contributed by atoms with E-state index in [1.54, 1.807) is 14.1 Å². The summed E-state index contributed by atoms with van der Waals surface area (Å²) in [4.78, 5) is 26.2. The van der Waals surface area contributed by atoms with Gasteiger partial charge in [-0.3, -0.25) is 0 Å². The number of hydrogen-bond acceptors (Lipinski definition) is 5. The van der Waals surface area contributed by atoms with Gasteiger partial charge in [-0.1, -0.05) is 39.3 Å². The van der Waals surface area contributed by atoms with Gasteiger partial charge in [-0.25, -0.2) is 4.79 Å². The highest BCUT2D eigenvalue weighted by molar-refractivity contribution is 5.66. The Labute approximate surface area is 212 Å². The summed E-state index contributed by atoms with van der Waals surface area (Å²) in [6, 6.07) is 0. The summed E-state index contributed by atoms with van der Waals surface area (Å²) in [5.74, 6) is 3.06. The second-order valence-electron chi connectivity index (χ2n) is 13.4. The largest absolute Gasteiger partial charge is 0.449 e. The van der Waals surface area contributed by atoms with Gasteiger partial charge in [-0.15, -0.1) is 0 Å². The van der Waals surface area contributed by atoms with Crippen molar-refractivity contribution in [2.24, 2.45) is 51.5 Å². The van der Waals surface area contributed by atoms with Gasteiger partial charge >= 0.3 is 6.09 Å². The predicted octanol–water partition coefficient (Wildman–Crippen LogP) is 6.65. The molecule has 6 nitrogen and oxygen atoms in total. The first-order valence-electron chi connectivity index (χ1n) is 14.4. The van der Waals surface area contributed by atoms with E-state index in [1.165, 1.54) is 11.3 Å². The molecule has 0 aromatic carbocycles. The number of ether oxygens (including phenoxy) is 1.